The normalized spacial score (nSPS) is 28.9. The first-order valence-electron chi connectivity index (χ1n) is 5.29. The van der Waals surface area contributed by atoms with E-state index >= 15 is 0 Å². The van der Waals surface area contributed by atoms with Crippen LogP contribution in [0, 0.1) is 0 Å². The Morgan fingerprint density at radius 3 is 2.64 bits per heavy atom. The van der Waals surface area contributed by atoms with E-state index in [-0.39, 0.29) is 11.4 Å². The summed E-state index contributed by atoms with van der Waals surface area (Å²) in [6.07, 6.45) is 2.49. The molecule has 1 heterocycles. The molecule has 0 aromatic carbocycles. The molecule has 1 saturated heterocycles. The summed E-state index contributed by atoms with van der Waals surface area (Å²) in [5, 5.41) is 3.90. The lowest BCUT2D eigenvalue weighted by molar-refractivity contribution is -0.138. The number of nitrogens with zero attached hydrogens (tertiary/aromatic N) is 2. The second kappa shape index (κ2) is 4.28. The first-order valence-corrected chi connectivity index (χ1v) is 5.29. The molecule has 0 radical (unpaired) electrons. The zero-order valence-electron chi connectivity index (χ0n) is 9.42. The van der Waals surface area contributed by atoms with Crippen molar-refractivity contribution >= 4 is 5.91 Å². The predicted molar refractivity (Wildman–Crippen MR) is 56.5 cm³/mol. The smallest absolute Gasteiger partial charge is 0.238 e. The Morgan fingerprint density at radius 2 is 2.21 bits per heavy atom. The van der Waals surface area contributed by atoms with Crippen LogP contribution in [0.3, 0.4) is 0 Å². The van der Waals surface area contributed by atoms with E-state index in [0.717, 1.165) is 19.4 Å². The van der Waals surface area contributed by atoms with Crippen LogP contribution < -0.4 is 5.73 Å². The molecular formula is C10H21N3O. The van der Waals surface area contributed by atoms with Crippen LogP contribution in [0.25, 0.3) is 0 Å². The van der Waals surface area contributed by atoms with Crippen LogP contribution in [0.4, 0.5) is 0 Å². The van der Waals surface area contributed by atoms with E-state index in [9.17, 15) is 4.79 Å². The van der Waals surface area contributed by atoms with Gasteiger partial charge >= 0.3 is 0 Å². The van der Waals surface area contributed by atoms with Crippen LogP contribution in [-0.4, -0.2) is 41.6 Å². The van der Waals surface area contributed by atoms with Crippen molar-refractivity contribution in [2.24, 2.45) is 5.73 Å². The number of amides is 1. The molecule has 4 heteroatoms. The van der Waals surface area contributed by atoms with Crippen LogP contribution in [0.15, 0.2) is 0 Å². The maximum atomic E-state index is 11.7. The van der Waals surface area contributed by atoms with Gasteiger partial charge in [-0.1, -0.05) is 6.92 Å². The van der Waals surface area contributed by atoms with Crippen molar-refractivity contribution < 1.29 is 4.79 Å². The summed E-state index contributed by atoms with van der Waals surface area (Å²) in [6.45, 7) is 5.64. The van der Waals surface area contributed by atoms with Gasteiger partial charge in [0.1, 0.15) is 0 Å². The molecule has 4 nitrogen and oxygen atoms in total. The summed E-state index contributed by atoms with van der Waals surface area (Å²) in [5.74, 6) is 0.227. The lowest BCUT2D eigenvalue weighted by atomic mass is 9.96. The summed E-state index contributed by atoms with van der Waals surface area (Å²) < 4.78 is 0. The topological polar surface area (TPSA) is 49.6 Å². The highest BCUT2D eigenvalue weighted by Crippen LogP contribution is 2.31. The van der Waals surface area contributed by atoms with Crippen molar-refractivity contribution in [3.8, 4) is 0 Å². The molecule has 1 amide bonds. The third-order valence-electron chi connectivity index (χ3n) is 3.30. The van der Waals surface area contributed by atoms with Crippen LogP contribution >= 0.6 is 0 Å². The van der Waals surface area contributed by atoms with Gasteiger partial charge in [0.2, 0.25) is 5.91 Å². The van der Waals surface area contributed by atoms with Gasteiger partial charge in [-0.15, -0.1) is 0 Å². The Labute approximate surface area is 86.0 Å². The largest absolute Gasteiger partial charge is 0.330 e. The SMILES string of the molecule is CCC1(C)CC(=O)N(CCCN)N1C. The Bertz CT molecular complexity index is 219. The first kappa shape index (κ1) is 11.5. The van der Waals surface area contributed by atoms with Gasteiger partial charge in [-0.3, -0.25) is 9.80 Å². The zero-order chi connectivity index (χ0) is 10.8. The molecule has 1 rings (SSSR count). The second-order valence-electron chi connectivity index (χ2n) is 4.21. The van der Waals surface area contributed by atoms with Crippen LogP contribution in [0.2, 0.25) is 0 Å². The molecule has 1 fully saturated rings. The molecule has 1 atom stereocenters. The van der Waals surface area contributed by atoms with Crippen molar-refractivity contribution in [3.05, 3.63) is 0 Å². The number of nitrogens with two attached hydrogens (primary N) is 1. The quantitative estimate of drug-likeness (QED) is 0.720. The van der Waals surface area contributed by atoms with Crippen molar-refractivity contribution in [2.75, 3.05) is 20.1 Å². The molecule has 1 unspecified atom stereocenters. The van der Waals surface area contributed by atoms with Crippen LogP contribution in [0.5, 0.6) is 0 Å². The third-order valence-corrected chi connectivity index (χ3v) is 3.30. The lowest BCUT2D eigenvalue weighted by Crippen LogP contribution is -2.46. The van der Waals surface area contributed by atoms with Gasteiger partial charge in [-0.25, -0.2) is 5.01 Å². The summed E-state index contributed by atoms with van der Waals surface area (Å²) in [5.41, 5.74) is 5.45. The Hall–Kier alpha value is -0.610. The van der Waals surface area contributed by atoms with Crippen molar-refractivity contribution in [1.29, 1.82) is 0 Å². The lowest BCUT2D eigenvalue weighted by Gasteiger charge is -2.34. The number of rotatable bonds is 4. The fraction of sp³-hybridized carbons (Fsp3) is 0.900. The van der Waals surface area contributed by atoms with Gasteiger partial charge < -0.3 is 5.73 Å². The summed E-state index contributed by atoms with van der Waals surface area (Å²) in [6, 6.07) is 0. The predicted octanol–water partition coefficient (Wildman–Crippen LogP) is 0.583. The van der Waals surface area contributed by atoms with E-state index in [0.29, 0.717) is 13.0 Å². The Kier molecular flexibility index (Phi) is 3.50. The molecule has 0 aromatic heterocycles. The van der Waals surface area contributed by atoms with Gasteiger partial charge in [0.15, 0.2) is 0 Å². The monoisotopic (exact) mass is 199 g/mol. The van der Waals surface area contributed by atoms with E-state index in [1.54, 1.807) is 0 Å². The molecule has 0 saturated carbocycles. The van der Waals surface area contributed by atoms with Crippen molar-refractivity contribution in [1.82, 2.24) is 10.0 Å². The van der Waals surface area contributed by atoms with E-state index in [1.807, 2.05) is 12.1 Å². The van der Waals surface area contributed by atoms with Crippen LogP contribution in [-0.2, 0) is 4.79 Å². The molecule has 2 N–H and O–H groups in total. The maximum absolute atomic E-state index is 11.7. The second-order valence-corrected chi connectivity index (χ2v) is 4.21. The molecule has 0 aliphatic carbocycles. The molecule has 1 aliphatic heterocycles. The molecule has 82 valence electrons. The summed E-state index contributed by atoms with van der Waals surface area (Å²) in [4.78, 5) is 11.7. The Balaban J connectivity index is 2.65. The minimum Gasteiger partial charge on any atom is -0.330 e. The molecule has 0 spiro atoms. The summed E-state index contributed by atoms with van der Waals surface area (Å²) >= 11 is 0. The van der Waals surface area contributed by atoms with Gasteiger partial charge in [-0.05, 0) is 26.3 Å². The van der Waals surface area contributed by atoms with E-state index in [1.165, 1.54) is 0 Å². The Morgan fingerprint density at radius 1 is 1.57 bits per heavy atom. The average Bonchev–Trinajstić information content (AvgIpc) is 2.37. The number of carbonyl (C=O) groups excluding carboxylic acids is 1. The van der Waals surface area contributed by atoms with E-state index in [2.05, 4.69) is 18.9 Å². The standard InChI is InChI=1S/C10H21N3O/c1-4-10(2)8-9(14)13(12(10)3)7-5-6-11/h4-8,11H2,1-3H3. The minimum atomic E-state index is 0.00564. The number of carbonyl (C=O) groups is 1. The van der Waals surface area contributed by atoms with E-state index < -0.39 is 0 Å². The number of hydrazine groups is 1. The molecule has 1 aliphatic rings. The van der Waals surface area contributed by atoms with E-state index in [4.69, 9.17) is 5.73 Å². The highest BCUT2D eigenvalue weighted by molar-refractivity contribution is 5.79. The molecule has 0 bridgehead atoms. The first-order chi connectivity index (χ1) is 6.55. The number of hydrogen-bond donors (Lipinski definition) is 1. The van der Waals surface area contributed by atoms with Crippen LogP contribution in [0.1, 0.15) is 33.1 Å². The van der Waals surface area contributed by atoms with Crippen molar-refractivity contribution in [3.63, 3.8) is 0 Å². The number of hydrogen-bond acceptors (Lipinski definition) is 3. The molecule has 0 aromatic rings. The zero-order valence-corrected chi connectivity index (χ0v) is 9.42. The summed E-state index contributed by atoms with van der Waals surface area (Å²) in [7, 11) is 1.99. The third kappa shape index (κ3) is 1.91. The molecule has 14 heavy (non-hydrogen) atoms. The van der Waals surface area contributed by atoms with Gasteiger partial charge in [0.25, 0.3) is 0 Å². The maximum Gasteiger partial charge on any atom is 0.238 e. The molecular weight excluding hydrogens is 178 g/mol. The fourth-order valence-corrected chi connectivity index (χ4v) is 1.86. The average molecular weight is 199 g/mol. The minimum absolute atomic E-state index is 0.00564. The van der Waals surface area contributed by atoms with Gasteiger partial charge in [0.05, 0.1) is 0 Å². The van der Waals surface area contributed by atoms with Gasteiger partial charge in [0, 0.05) is 25.6 Å². The van der Waals surface area contributed by atoms with Gasteiger partial charge in [-0.2, -0.15) is 0 Å². The fourth-order valence-electron chi connectivity index (χ4n) is 1.86. The highest BCUT2D eigenvalue weighted by Gasteiger charge is 2.42. The van der Waals surface area contributed by atoms with Crippen molar-refractivity contribution in [2.45, 2.75) is 38.6 Å². The highest BCUT2D eigenvalue weighted by atomic mass is 16.2.